The van der Waals surface area contributed by atoms with Crippen LogP contribution >= 0.6 is 34.5 Å². The highest BCUT2D eigenvalue weighted by atomic mass is 35.5. The molecule has 4 aliphatic rings. The van der Waals surface area contributed by atoms with Crippen molar-refractivity contribution in [2.45, 2.75) is 77.1 Å². The summed E-state index contributed by atoms with van der Waals surface area (Å²) in [7, 11) is 2.13. The zero-order valence-corrected chi connectivity index (χ0v) is 34.9. The van der Waals surface area contributed by atoms with E-state index in [0.717, 1.165) is 89.4 Å². The molecule has 300 valence electrons. The minimum atomic E-state index is -1.32. The number of carboxylic acids is 1. The Bertz CT molecular complexity index is 2210. The molecular formula is C44H48Cl2N4O6S. The van der Waals surface area contributed by atoms with Crippen LogP contribution in [0, 0.1) is 13.8 Å². The molecule has 2 atom stereocenters. The summed E-state index contributed by atoms with van der Waals surface area (Å²) in [6, 6.07) is 15.3. The first-order valence-corrected chi connectivity index (χ1v) is 21.4. The number of aliphatic carboxylic acids is 1. The number of benzene rings is 3. The molecule has 57 heavy (non-hydrogen) atoms. The number of likely N-dealkylation sites (N-methyl/N-ethyl adjacent to an activating group) is 1. The first-order chi connectivity index (χ1) is 27.6. The Balaban J connectivity index is 1.29. The maximum atomic E-state index is 13.2. The molecular weight excluding hydrogens is 783 g/mol. The van der Waals surface area contributed by atoms with E-state index < -0.39 is 18.2 Å². The maximum Gasteiger partial charge on any atom is 0.345 e. The molecule has 0 radical (unpaired) electrons. The molecule has 2 aromatic heterocycles. The topological polar surface area (TPSA) is 106 Å². The number of hydrogen-bond donors (Lipinski definition) is 1. The van der Waals surface area contributed by atoms with Crippen molar-refractivity contribution in [3.8, 4) is 34.3 Å². The molecule has 9 rings (SSSR count). The molecule has 1 saturated heterocycles. The van der Waals surface area contributed by atoms with Crippen LogP contribution in [0.25, 0.3) is 21.3 Å². The van der Waals surface area contributed by atoms with E-state index in [9.17, 15) is 9.90 Å². The summed E-state index contributed by atoms with van der Waals surface area (Å²) in [6.45, 7) is 8.77. The van der Waals surface area contributed by atoms with Crippen LogP contribution in [0.4, 0.5) is 0 Å². The zero-order valence-electron chi connectivity index (χ0n) is 32.6. The Morgan fingerprint density at radius 1 is 0.947 bits per heavy atom. The first kappa shape index (κ1) is 39.7. The van der Waals surface area contributed by atoms with Crippen molar-refractivity contribution in [3.05, 3.63) is 92.0 Å². The van der Waals surface area contributed by atoms with Crippen LogP contribution in [0.15, 0.2) is 54.9 Å². The van der Waals surface area contributed by atoms with Crippen LogP contribution in [0.1, 0.15) is 65.2 Å². The van der Waals surface area contributed by atoms with E-state index in [0.29, 0.717) is 51.4 Å². The Morgan fingerprint density at radius 2 is 1.68 bits per heavy atom. The molecule has 5 aromatic rings. The van der Waals surface area contributed by atoms with Crippen molar-refractivity contribution in [1.82, 2.24) is 19.8 Å². The number of piperazine rings is 1. The number of carbonyl (C=O) groups is 1. The predicted octanol–water partition coefficient (Wildman–Crippen LogP) is 9.37. The smallest absolute Gasteiger partial charge is 0.345 e. The van der Waals surface area contributed by atoms with Gasteiger partial charge in [-0.05, 0) is 80.1 Å². The second kappa shape index (κ2) is 17.4. The number of ether oxygens (including phenoxy) is 4. The van der Waals surface area contributed by atoms with Gasteiger partial charge in [-0.1, -0.05) is 72.8 Å². The standard InChI is InChI=1S/C44H48Cl2N4O6S/c1-26-35-27(2)39(46)40(38(26)45)55-32(22-50-18-16-49(3)17-19-50)24-53-31-14-15-33(54-23-28-10-6-4-7-11-28)30(20-31)21-34(44(51)52)56-42-37-36(35)41(29-12-8-5-9-13-29)57-43(37)48-25-47-42/h4,6-7,10-11,14-15,20,25,29,32,34H,5,8-9,12-13,16-19,21-24H2,1-3H3,(H,51,52)/t32-,34-/m1/s1. The molecule has 0 amide bonds. The van der Waals surface area contributed by atoms with E-state index in [4.69, 9.17) is 47.1 Å². The molecule has 1 saturated carbocycles. The number of fused-ring (bicyclic) bond motifs is 7. The Kier molecular flexibility index (Phi) is 12.1. The zero-order chi connectivity index (χ0) is 39.6. The molecule has 0 unspecified atom stereocenters. The summed E-state index contributed by atoms with van der Waals surface area (Å²) in [5.74, 6) is 0.853. The highest BCUT2D eigenvalue weighted by Crippen LogP contribution is 2.53. The van der Waals surface area contributed by atoms with Crippen LogP contribution in [-0.2, 0) is 17.8 Å². The number of carboxylic acid groups (broad SMARTS) is 1. The lowest BCUT2D eigenvalue weighted by atomic mass is 9.83. The fraction of sp³-hybridized carbons (Fsp3) is 0.432. The number of rotatable bonds is 7. The largest absolute Gasteiger partial charge is 0.490 e. The minimum absolute atomic E-state index is 0.0116. The number of nitrogens with zero attached hydrogens (tertiary/aromatic N) is 4. The summed E-state index contributed by atoms with van der Waals surface area (Å²) in [5.41, 5.74) is 5.01. The molecule has 3 aliphatic heterocycles. The highest BCUT2D eigenvalue weighted by Gasteiger charge is 2.33. The SMILES string of the molecule is Cc1c(Cl)c2c(Cl)c(C)c1-c1c(C3CCCCC3)sc3ncnc(c13)O[C@@H](C(=O)O)Cc1cc(ccc1OCc1ccccc1)OC[C@@H](CN1CCN(C)CC1)O2. The normalized spacial score (nSPS) is 19.7. The van der Waals surface area contributed by atoms with Gasteiger partial charge < -0.3 is 29.0 Å². The molecule has 2 fully saturated rings. The van der Waals surface area contributed by atoms with Gasteiger partial charge in [0.05, 0.1) is 15.4 Å². The van der Waals surface area contributed by atoms with E-state index in [-0.39, 0.29) is 24.8 Å². The number of halogens is 2. The second-order valence-corrected chi connectivity index (χ2v) is 17.3. The third-order valence-corrected chi connectivity index (χ3v) is 13.7. The first-order valence-electron chi connectivity index (χ1n) is 19.8. The number of thiophene rings is 1. The van der Waals surface area contributed by atoms with Crippen LogP contribution in [0.3, 0.4) is 0 Å². The minimum Gasteiger partial charge on any atom is -0.490 e. The van der Waals surface area contributed by atoms with Gasteiger partial charge in [-0.15, -0.1) is 11.3 Å². The molecule has 5 heterocycles. The van der Waals surface area contributed by atoms with Crippen LogP contribution in [0.2, 0.25) is 10.0 Å². The summed E-state index contributed by atoms with van der Waals surface area (Å²) < 4.78 is 26.2. The third-order valence-electron chi connectivity index (χ3n) is 11.5. The average Bonchev–Trinajstić information content (AvgIpc) is 3.61. The van der Waals surface area contributed by atoms with Crippen LogP contribution < -0.4 is 18.9 Å². The predicted molar refractivity (Wildman–Crippen MR) is 225 cm³/mol. The van der Waals surface area contributed by atoms with E-state index in [2.05, 4.69) is 21.8 Å². The number of aromatic nitrogens is 2. The number of hydrogen-bond acceptors (Lipinski definition) is 10. The Hall–Kier alpha value is -4.13. The van der Waals surface area contributed by atoms with Crippen molar-refractivity contribution >= 4 is 50.7 Å². The monoisotopic (exact) mass is 830 g/mol. The molecule has 1 N–H and O–H groups in total. The van der Waals surface area contributed by atoms with E-state index in [1.54, 1.807) is 11.3 Å². The second-order valence-electron chi connectivity index (χ2n) is 15.5. The highest BCUT2D eigenvalue weighted by molar-refractivity contribution is 7.19. The van der Waals surface area contributed by atoms with Gasteiger partial charge in [0.2, 0.25) is 12.0 Å². The van der Waals surface area contributed by atoms with Crippen molar-refractivity contribution in [1.29, 1.82) is 0 Å². The maximum absolute atomic E-state index is 13.2. The van der Waals surface area contributed by atoms with E-state index in [1.807, 2.05) is 62.4 Å². The summed E-state index contributed by atoms with van der Waals surface area (Å²) in [4.78, 5) is 29.1. The molecule has 4 bridgehead atoms. The van der Waals surface area contributed by atoms with Gasteiger partial charge in [0.15, 0.2) is 5.75 Å². The summed E-state index contributed by atoms with van der Waals surface area (Å²) in [6.07, 6.45) is 5.23. The molecule has 0 spiro atoms. The van der Waals surface area contributed by atoms with Crippen molar-refractivity contribution in [2.75, 3.05) is 46.4 Å². The van der Waals surface area contributed by atoms with Gasteiger partial charge in [-0.2, -0.15) is 0 Å². The van der Waals surface area contributed by atoms with Gasteiger partial charge in [-0.3, -0.25) is 4.90 Å². The lowest BCUT2D eigenvalue weighted by molar-refractivity contribution is -0.145. The fourth-order valence-electron chi connectivity index (χ4n) is 8.32. The Labute approximate surface area is 347 Å². The quantitative estimate of drug-likeness (QED) is 0.171. The van der Waals surface area contributed by atoms with Gasteiger partial charge in [0.1, 0.15) is 42.0 Å². The van der Waals surface area contributed by atoms with Crippen molar-refractivity contribution in [3.63, 3.8) is 0 Å². The molecule has 1 aliphatic carbocycles. The third kappa shape index (κ3) is 8.54. The molecule has 13 heteroatoms. The molecule has 3 aromatic carbocycles. The van der Waals surface area contributed by atoms with E-state index in [1.165, 1.54) is 12.7 Å². The lowest BCUT2D eigenvalue weighted by Gasteiger charge is -2.35. The van der Waals surface area contributed by atoms with Crippen molar-refractivity contribution < 1.29 is 28.8 Å². The Morgan fingerprint density at radius 3 is 2.40 bits per heavy atom. The molecule has 10 nitrogen and oxygen atoms in total. The lowest BCUT2D eigenvalue weighted by Crippen LogP contribution is -2.49. The summed E-state index contributed by atoms with van der Waals surface area (Å²) >= 11 is 16.3. The van der Waals surface area contributed by atoms with Gasteiger partial charge >= 0.3 is 5.97 Å². The van der Waals surface area contributed by atoms with Gasteiger partial charge in [0, 0.05) is 55.1 Å². The fourth-order valence-corrected chi connectivity index (χ4v) is 10.1. The van der Waals surface area contributed by atoms with E-state index >= 15 is 0 Å². The van der Waals surface area contributed by atoms with Crippen molar-refractivity contribution in [2.24, 2.45) is 0 Å². The average molecular weight is 832 g/mol. The van der Waals surface area contributed by atoms with Gasteiger partial charge in [-0.25, -0.2) is 14.8 Å². The summed E-state index contributed by atoms with van der Waals surface area (Å²) in [5, 5.41) is 12.3. The van der Waals surface area contributed by atoms with Gasteiger partial charge in [0.25, 0.3) is 0 Å². The van der Waals surface area contributed by atoms with Crippen LogP contribution in [0.5, 0.6) is 23.1 Å². The van der Waals surface area contributed by atoms with Crippen LogP contribution in [-0.4, -0.2) is 89.4 Å².